The monoisotopic (exact) mass is 340 g/mol. The second-order valence-electron chi connectivity index (χ2n) is 5.85. The molecule has 1 aromatic rings. The zero-order valence-corrected chi connectivity index (χ0v) is 13.7. The predicted octanol–water partition coefficient (Wildman–Crippen LogP) is 1.86. The van der Waals surface area contributed by atoms with Crippen LogP contribution in [0.25, 0.3) is 0 Å². The first-order chi connectivity index (χ1) is 11.2. The van der Waals surface area contributed by atoms with Gasteiger partial charge in [-0.2, -0.15) is 0 Å². The first-order valence-corrected chi connectivity index (χ1v) is 8.36. The quantitative estimate of drug-likeness (QED) is 0.908. The van der Waals surface area contributed by atoms with Gasteiger partial charge in [-0.25, -0.2) is 14.8 Å². The van der Waals surface area contributed by atoms with Crippen LogP contribution in [0.1, 0.15) is 25.7 Å². The van der Waals surface area contributed by atoms with E-state index in [1.54, 1.807) is 4.90 Å². The van der Waals surface area contributed by atoms with Crippen LogP contribution < -0.4 is 10.1 Å². The molecule has 1 N–H and O–H groups in total. The molecular weight excluding hydrogens is 320 g/mol. The summed E-state index contributed by atoms with van der Waals surface area (Å²) in [5.41, 5.74) is 0. The van der Waals surface area contributed by atoms with Gasteiger partial charge < -0.3 is 19.7 Å². The van der Waals surface area contributed by atoms with Crippen molar-refractivity contribution in [3.05, 3.63) is 17.4 Å². The molecule has 0 radical (unpaired) electrons. The Morgan fingerprint density at radius 1 is 1.30 bits per heavy atom. The van der Waals surface area contributed by atoms with E-state index in [0.717, 1.165) is 32.2 Å². The number of amides is 2. The molecule has 1 atom stereocenters. The standard InChI is InChI=1S/C15H21ClN4O3/c16-11-8-17-14(18-9-11)23-13-2-1-5-20(10-13)15(21)19-12-3-6-22-7-4-12/h8-9,12-13H,1-7,10H2,(H,19,21). The maximum absolute atomic E-state index is 12.4. The van der Waals surface area contributed by atoms with Crippen molar-refractivity contribution in [3.63, 3.8) is 0 Å². The number of halogens is 1. The van der Waals surface area contributed by atoms with E-state index in [4.69, 9.17) is 21.1 Å². The minimum Gasteiger partial charge on any atom is -0.458 e. The van der Waals surface area contributed by atoms with E-state index in [9.17, 15) is 4.79 Å². The van der Waals surface area contributed by atoms with Gasteiger partial charge in [0.15, 0.2) is 0 Å². The molecule has 0 saturated carbocycles. The molecule has 2 amide bonds. The van der Waals surface area contributed by atoms with Crippen LogP contribution in [0.15, 0.2) is 12.4 Å². The van der Waals surface area contributed by atoms with Crippen molar-refractivity contribution in [2.45, 2.75) is 37.8 Å². The van der Waals surface area contributed by atoms with Gasteiger partial charge in [0.1, 0.15) is 6.10 Å². The lowest BCUT2D eigenvalue weighted by atomic mass is 10.1. The number of piperidine rings is 1. The summed E-state index contributed by atoms with van der Waals surface area (Å²) in [5, 5.41) is 3.55. The summed E-state index contributed by atoms with van der Waals surface area (Å²) < 4.78 is 11.1. The van der Waals surface area contributed by atoms with Gasteiger partial charge >= 0.3 is 12.0 Å². The predicted molar refractivity (Wildman–Crippen MR) is 84.6 cm³/mol. The number of hydrogen-bond donors (Lipinski definition) is 1. The fourth-order valence-electron chi connectivity index (χ4n) is 2.84. The number of nitrogens with one attached hydrogen (secondary N) is 1. The van der Waals surface area contributed by atoms with Crippen LogP contribution >= 0.6 is 11.6 Å². The molecule has 2 fully saturated rings. The third-order valence-corrected chi connectivity index (χ3v) is 4.28. The number of urea groups is 1. The van der Waals surface area contributed by atoms with Gasteiger partial charge in [-0.1, -0.05) is 11.6 Å². The second kappa shape index (κ2) is 7.79. The van der Waals surface area contributed by atoms with Crippen LogP contribution in [0.5, 0.6) is 6.01 Å². The van der Waals surface area contributed by atoms with Gasteiger partial charge in [0.2, 0.25) is 0 Å². The molecule has 7 nitrogen and oxygen atoms in total. The molecule has 3 rings (SSSR count). The molecule has 0 bridgehead atoms. The molecule has 2 aliphatic rings. The Labute approximate surface area is 140 Å². The topological polar surface area (TPSA) is 76.6 Å². The SMILES string of the molecule is O=C(NC1CCOCC1)N1CCCC(Oc2ncc(Cl)cn2)C1. The largest absolute Gasteiger partial charge is 0.458 e. The van der Waals surface area contributed by atoms with Gasteiger partial charge in [-0.05, 0) is 25.7 Å². The average Bonchev–Trinajstić information content (AvgIpc) is 2.58. The maximum Gasteiger partial charge on any atom is 0.317 e. The molecule has 1 unspecified atom stereocenters. The van der Waals surface area contributed by atoms with Gasteiger partial charge in [0, 0.05) is 25.8 Å². The zero-order chi connectivity index (χ0) is 16.1. The van der Waals surface area contributed by atoms with E-state index in [2.05, 4.69) is 15.3 Å². The number of carbonyl (C=O) groups is 1. The Kier molecular flexibility index (Phi) is 5.51. The fraction of sp³-hybridized carbons (Fsp3) is 0.667. The van der Waals surface area contributed by atoms with Gasteiger partial charge in [0.05, 0.1) is 24.0 Å². The third-order valence-electron chi connectivity index (χ3n) is 4.08. The Balaban J connectivity index is 1.50. The highest BCUT2D eigenvalue weighted by atomic mass is 35.5. The van der Waals surface area contributed by atoms with E-state index in [-0.39, 0.29) is 18.2 Å². The highest BCUT2D eigenvalue weighted by Crippen LogP contribution is 2.17. The summed E-state index contributed by atoms with van der Waals surface area (Å²) in [7, 11) is 0. The van der Waals surface area contributed by atoms with Gasteiger partial charge in [0.25, 0.3) is 0 Å². The Morgan fingerprint density at radius 2 is 2.04 bits per heavy atom. The molecule has 0 aromatic carbocycles. The number of hydrogen-bond acceptors (Lipinski definition) is 5. The summed E-state index contributed by atoms with van der Waals surface area (Å²) in [6.07, 6.45) is 6.44. The molecule has 2 saturated heterocycles. The summed E-state index contributed by atoms with van der Waals surface area (Å²) in [4.78, 5) is 22.3. The van der Waals surface area contributed by atoms with E-state index in [1.807, 2.05) is 0 Å². The van der Waals surface area contributed by atoms with Gasteiger partial charge in [-0.3, -0.25) is 0 Å². The smallest absolute Gasteiger partial charge is 0.317 e. The van der Waals surface area contributed by atoms with Crippen LogP contribution in [0.3, 0.4) is 0 Å². The fourth-order valence-corrected chi connectivity index (χ4v) is 2.93. The van der Waals surface area contributed by atoms with Crippen molar-refractivity contribution in [2.75, 3.05) is 26.3 Å². The van der Waals surface area contributed by atoms with Crippen molar-refractivity contribution < 1.29 is 14.3 Å². The van der Waals surface area contributed by atoms with Crippen LogP contribution in [0.4, 0.5) is 4.79 Å². The zero-order valence-electron chi connectivity index (χ0n) is 12.9. The number of ether oxygens (including phenoxy) is 2. The number of aromatic nitrogens is 2. The van der Waals surface area contributed by atoms with Crippen molar-refractivity contribution in [2.24, 2.45) is 0 Å². The normalized spacial score (nSPS) is 22.7. The molecule has 8 heteroatoms. The first-order valence-electron chi connectivity index (χ1n) is 7.98. The van der Waals surface area contributed by atoms with Crippen LogP contribution in [0.2, 0.25) is 5.02 Å². The summed E-state index contributed by atoms with van der Waals surface area (Å²) >= 11 is 5.76. The highest BCUT2D eigenvalue weighted by Gasteiger charge is 2.27. The van der Waals surface area contributed by atoms with E-state index in [1.165, 1.54) is 12.4 Å². The van der Waals surface area contributed by atoms with Crippen molar-refractivity contribution >= 4 is 17.6 Å². The lowest BCUT2D eigenvalue weighted by Gasteiger charge is -2.34. The molecular formula is C15H21ClN4O3. The minimum atomic E-state index is -0.0923. The second-order valence-corrected chi connectivity index (χ2v) is 6.28. The number of nitrogens with zero attached hydrogens (tertiary/aromatic N) is 3. The third kappa shape index (κ3) is 4.68. The Bertz CT molecular complexity index is 522. The molecule has 2 aliphatic heterocycles. The van der Waals surface area contributed by atoms with E-state index < -0.39 is 0 Å². The summed E-state index contributed by atoms with van der Waals surface area (Å²) in [5.74, 6) is 0. The average molecular weight is 341 g/mol. The molecule has 0 spiro atoms. The van der Waals surface area contributed by atoms with Gasteiger partial charge in [-0.15, -0.1) is 0 Å². The maximum atomic E-state index is 12.4. The lowest BCUT2D eigenvalue weighted by molar-refractivity contribution is 0.0710. The molecule has 3 heterocycles. The number of rotatable bonds is 3. The van der Waals surface area contributed by atoms with Crippen LogP contribution in [0, 0.1) is 0 Å². The number of likely N-dealkylation sites (tertiary alicyclic amines) is 1. The first kappa shape index (κ1) is 16.3. The van der Waals surface area contributed by atoms with E-state index in [0.29, 0.717) is 30.8 Å². The molecule has 23 heavy (non-hydrogen) atoms. The van der Waals surface area contributed by atoms with Crippen molar-refractivity contribution in [3.8, 4) is 6.01 Å². The number of carbonyl (C=O) groups excluding carboxylic acids is 1. The van der Waals surface area contributed by atoms with Crippen LogP contribution in [-0.4, -0.2) is 59.3 Å². The highest BCUT2D eigenvalue weighted by molar-refractivity contribution is 6.30. The lowest BCUT2D eigenvalue weighted by Crippen LogP contribution is -2.51. The Hall–Kier alpha value is -1.60. The van der Waals surface area contributed by atoms with Crippen molar-refractivity contribution in [1.29, 1.82) is 0 Å². The summed E-state index contributed by atoms with van der Waals surface area (Å²) in [6, 6.07) is 0.477. The minimum absolute atomic E-state index is 0.0257. The van der Waals surface area contributed by atoms with Crippen LogP contribution in [-0.2, 0) is 4.74 Å². The molecule has 1 aromatic heterocycles. The summed E-state index contributed by atoms with van der Waals surface area (Å²) in [6.45, 7) is 2.71. The molecule has 126 valence electrons. The van der Waals surface area contributed by atoms with E-state index >= 15 is 0 Å². The Morgan fingerprint density at radius 3 is 2.78 bits per heavy atom. The van der Waals surface area contributed by atoms with Crippen molar-refractivity contribution in [1.82, 2.24) is 20.2 Å². The molecule has 0 aliphatic carbocycles.